The molecule has 0 spiro atoms. The van der Waals surface area contributed by atoms with Crippen molar-refractivity contribution < 1.29 is 14.3 Å². The summed E-state index contributed by atoms with van der Waals surface area (Å²) in [6.45, 7) is 0.461. The van der Waals surface area contributed by atoms with Crippen LogP contribution in [0.1, 0.15) is 22.9 Å². The molecule has 3 amide bonds. The zero-order valence-corrected chi connectivity index (χ0v) is 21.2. The molecule has 5 rings (SSSR count). The van der Waals surface area contributed by atoms with E-state index in [0.717, 1.165) is 27.7 Å². The number of carbonyl (C=O) groups is 2. The summed E-state index contributed by atoms with van der Waals surface area (Å²) in [5.41, 5.74) is 4.53. The summed E-state index contributed by atoms with van der Waals surface area (Å²) in [4.78, 5) is 32.1. The number of nitrogens with one attached hydrogen (secondary N) is 2. The first-order valence-corrected chi connectivity index (χ1v) is 12.2. The van der Waals surface area contributed by atoms with Crippen LogP contribution < -0.4 is 10.1 Å². The fourth-order valence-corrected chi connectivity index (χ4v) is 4.75. The molecule has 1 aromatic heterocycles. The van der Waals surface area contributed by atoms with Gasteiger partial charge in [-0.1, -0.05) is 35.3 Å². The third-order valence-corrected chi connectivity index (χ3v) is 6.71. The second-order valence-corrected chi connectivity index (χ2v) is 9.69. The van der Waals surface area contributed by atoms with Crippen molar-refractivity contribution in [2.24, 2.45) is 0 Å². The third kappa shape index (κ3) is 4.72. The molecule has 2 N–H and O–H groups in total. The van der Waals surface area contributed by atoms with Crippen LogP contribution in [0.25, 0.3) is 10.9 Å². The van der Waals surface area contributed by atoms with Crippen molar-refractivity contribution in [3.05, 3.63) is 93.6 Å². The molecule has 36 heavy (non-hydrogen) atoms. The van der Waals surface area contributed by atoms with Gasteiger partial charge in [-0.2, -0.15) is 0 Å². The number of benzene rings is 3. The lowest BCUT2D eigenvalue weighted by Crippen LogP contribution is -2.42. The average Bonchev–Trinajstić information content (AvgIpc) is 3.23. The van der Waals surface area contributed by atoms with Gasteiger partial charge in [-0.3, -0.25) is 4.90 Å². The first kappa shape index (κ1) is 24.0. The number of carbonyl (C=O) groups excluding carboxylic acids is 2. The van der Waals surface area contributed by atoms with E-state index in [4.69, 9.17) is 27.9 Å². The minimum absolute atomic E-state index is 0.219. The third-order valence-electron chi connectivity index (χ3n) is 6.23. The number of ether oxygens (including phenoxy) is 1. The number of aromatic nitrogens is 1. The molecule has 1 aliphatic heterocycles. The average molecular weight is 523 g/mol. The highest BCUT2D eigenvalue weighted by molar-refractivity contribution is 6.31. The van der Waals surface area contributed by atoms with Crippen LogP contribution in [-0.2, 0) is 6.42 Å². The Morgan fingerprint density at radius 1 is 1.00 bits per heavy atom. The van der Waals surface area contributed by atoms with Gasteiger partial charge in [0.1, 0.15) is 11.8 Å². The van der Waals surface area contributed by atoms with Crippen molar-refractivity contribution in [3.63, 3.8) is 0 Å². The van der Waals surface area contributed by atoms with Crippen molar-refractivity contribution in [2.75, 3.05) is 26.0 Å². The van der Waals surface area contributed by atoms with Gasteiger partial charge in [0.05, 0.1) is 0 Å². The number of aromatic amines is 1. The molecule has 0 aliphatic carbocycles. The van der Waals surface area contributed by atoms with E-state index in [1.165, 1.54) is 4.90 Å². The maximum atomic E-state index is 13.4. The minimum atomic E-state index is -0.463. The number of halogens is 2. The standard InChI is InChI=1S/C27H24Cl2N4O3/c1-32(2)26(34)30-19-8-3-16(4-9-19)25-24-21(22-15-18(29)7-12-23(22)31-24)13-14-33(25)27(35)36-20-10-5-17(28)6-11-20/h3-12,15,25,31H,13-14H2,1-2H3,(H,30,34). The molecule has 1 atom stereocenters. The van der Waals surface area contributed by atoms with Crippen molar-refractivity contribution >= 4 is 51.9 Å². The fraction of sp³-hybridized carbons (Fsp3) is 0.185. The molecular weight excluding hydrogens is 499 g/mol. The predicted octanol–water partition coefficient (Wildman–Crippen LogP) is 6.71. The van der Waals surface area contributed by atoms with E-state index in [2.05, 4.69) is 10.3 Å². The SMILES string of the molecule is CN(C)C(=O)Nc1ccc(C2c3[nH]c4ccc(Cl)cc4c3CCN2C(=O)Oc2ccc(Cl)cc2)cc1. The number of hydrogen-bond acceptors (Lipinski definition) is 3. The fourth-order valence-electron chi connectivity index (χ4n) is 4.45. The van der Waals surface area contributed by atoms with Gasteiger partial charge in [0.15, 0.2) is 0 Å². The second kappa shape index (κ2) is 9.76. The quantitative estimate of drug-likeness (QED) is 0.313. The Bertz CT molecular complexity index is 1430. The number of fused-ring (bicyclic) bond motifs is 3. The Balaban J connectivity index is 1.52. The van der Waals surface area contributed by atoms with Crippen molar-refractivity contribution in [3.8, 4) is 5.75 Å². The van der Waals surface area contributed by atoms with E-state index in [9.17, 15) is 9.59 Å². The number of hydrogen-bond donors (Lipinski definition) is 2. The molecule has 3 aromatic carbocycles. The zero-order valence-electron chi connectivity index (χ0n) is 19.7. The van der Waals surface area contributed by atoms with Gasteiger partial charge in [-0.05, 0) is 72.1 Å². The lowest BCUT2D eigenvalue weighted by atomic mass is 9.92. The molecule has 184 valence electrons. The summed E-state index contributed by atoms with van der Waals surface area (Å²) in [6, 6.07) is 19.3. The number of nitrogens with zero attached hydrogens (tertiary/aromatic N) is 2. The van der Waals surface area contributed by atoms with Gasteiger partial charge >= 0.3 is 12.1 Å². The normalized spacial score (nSPS) is 14.9. The second-order valence-electron chi connectivity index (χ2n) is 8.82. The van der Waals surface area contributed by atoms with Crippen molar-refractivity contribution in [2.45, 2.75) is 12.5 Å². The van der Waals surface area contributed by atoms with E-state index in [0.29, 0.717) is 34.4 Å². The number of urea groups is 1. The van der Waals surface area contributed by atoms with Crippen LogP contribution in [0.3, 0.4) is 0 Å². The number of H-pyrrole nitrogens is 1. The first-order chi connectivity index (χ1) is 17.3. The van der Waals surface area contributed by atoms with Crippen molar-refractivity contribution in [1.29, 1.82) is 0 Å². The van der Waals surface area contributed by atoms with Gasteiger partial charge in [-0.25, -0.2) is 9.59 Å². The van der Waals surface area contributed by atoms with Crippen LogP contribution in [-0.4, -0.2) is 47.5 Å². The minimum Gasteiger partial charge on any atom is -0.410 e. The molecule has 9 heteroatoms. The van der Waals surface area contributed by atoms with E-state index in [-0.39, 0.29) is 6.03 Å². The maximum absolute atomic E-state index is 13.4. The topological polar surface area (TPSA) is 77.7 Å². The first-order valence-electron chi connectivity index (χ1n) is 11.4. The number of amides is 3. The van der Waals surface area contributed by atoms with Crippen LogP contribution in [0.15, 0.2) is 66.7 Å². The zero-order chi connectivity index (χ0) is 25.4. The van der Waals surface area contributed by atoms with Gasteiger partial charge < -0.3 is 19.9 Å². The molecule has 0 saturated heterocycles. The summed E-state index contributed by atoms with van der Waals surface area (Å²) >= 11 is 12.3. The van der Waals surface area contributed by atoms with Gasteiger partial charge in [0.25, 0.3) is 0 Å². The lowest BCUT2D eigenvalue weighted by molar-refractivity contribution is 0.135. The van der Waals surface area contributed by atoms with Crippen LogP contribution in [0.4, 0.5) is 15.3 Å². The molecule has 1 aliphatic rings. The Morgan fingerprint density at radius 2 is 1.69 bits per heavy atom. The monoisotopic (exact) mass is 522 g/mol. The van der Waals surface area contributed by atoms with E-state index < -0.39 is 12.1 Å². The van der Waals surface area contributed by atoms with E-state index >= 15 is 0 Å². The molecule has 0 saturated carbocycles. The molecule has 0 bridgehead atoms. The van der Waals surface area contributed by atoms with Crippen LogP contribution in [0.5, 0.6) is 5.75 Å². The largest absolute Gasteiger partial charge is 0.416 e. The molecule has 1 unspecified atom stereocenters. The van der Waals surface area contributed by atoms with Gasteiger partial charge in [-0.15, -0.1) is 0 Å². The lowest BCUT2D eigenvalue weighted by Gasteiger charge is -2.35. The van der Waals surface area contributed by atoms with Crippen LogP contribution in [0.2, 0.25) is 10.0 Å². The molecule has 4 aromatic rings. The highest BCUT2D eigenvalue weighted by Gasteiger charge is 2.35. The molecule has 2 heterocycles. The summed E-state index contributed by atoms with van der Waals surface area (Å²) in [6.07, 6.45) is 0.188. The Labute approximate surface area is 218 Å². The summed E-state index contributed by atoms with van der Waals surface area (Å²) in [5, 5.41) is 5.10. The van der Waals surface area contributed by atoms with Crippen LogP contribution in [0, 0.1) is 0 Å². The molecular formula is C27H24Cl2N4O3. The smallest absolute Gasteiger partial charge is 0.410 e. The Hall–Kier alpha value is -3.68. The Kier molecular flexibility index (Phi) is 6.51. The summed E-state index contributed by atoms with van der Waals surface area (Å²) in [5.74, 6) is 0.416. The summed E-state index contributed by atoms with van der Waals surface area (Å²) < 4.78 is 5.70. The van der Waals surface area contributed by atoms with Gasteiger partial charge in [0, 0.05) is 53.0 Å². The van der Waals surface area contributed by atoms with E-state index in [1.54, 1.807) is 43.3 Å². The van der Waals surface area contributed by atoms with Crippen molar-refractivity contribution in [1.82, 2.24) is 14.8 Å². The highest BCUT2D eigenvalue weighted by atomic mass is 35.5. The highest BCUT2D eigenvalue weighted by Crippen LogP contribution is 2.39. The maximum Gasteiger partial charge on any atom is 0.416 e. The summed E-state index contributed by atoms with van der Waals surface area (Å²) in [7, 11) is 3.36. The molecule has 0 radical (unpaired) electrons. The number of anilines is 1. The van der Waals surface area contributed by atoms with Crippen LogP contribution >= 0.6 is 23.2 Å². The molecule has 0 fully saturated rings. The Morgan fingerprint density at radius 3 is 2.39 bits per heavy atom. The van der Waals surface area contributed by atoms with E-state index in [1.807, 2.05) is 42.5 Å². The van der Waals surface area contributed by atoms with Gasteiger partial charge in [0.2, 0.25) is 0 Å². The molecule has 7 nitrogen and oxygen atoms in total. The number of rotatable bonds is 3. The predicted molar refractivity (Wildman–Crippen MR) is 142 cm³/mol.